The number of nitrogens with one attached hydrogen (secondary N) is 2. The quantitative estimate of drug-likeness (QED) is 0.460. The molecule has 34 heavy (non-hydrogen) atoms. The van der Waals surface area contributed by atoms with Crippen LogP contribution in [0.3, 0.4) is 0 Å². The average molecular weight is 460 g/mol. The van der Waals surface area contributed by atoms with E-state index in [1.54, 1.807) is 15.6 Å². The number of aromatic nitrogens is 5. The van der Waals surface area contributed by atoms with Crippen LogP contribution in [0.2, 0.25) is 0 Å². The Balaban J connectivity index is 1.43. The van der Waals surface area contributed by atoms with E-state index in [0.29, 0.717) is 29.3 Å². The van der Waals surface area contributed by atoms with Gasteiger partial charge in [-0.25, -0.2) is 19.3 Å². The Kier molecular flexibility index (Phi) is 4.95. The third-order valence-corrected chi connectivity index (χ3v) is 6.93. The zero-order valence-electron chi connectivity index (χ0n) is 19.0. The van der Waals surface area contributed by atoms with Gasteiger partial charge in [-0.2, -0.15) is 4.98 Å². The van der Waals surface area contributed by atoms with Crippen LogP contribution in [-0.4, -0.2) is 37.5 Å². The predicted octanol–water partition coefficient (Wildman–Crippen LogP) is 3.39. The van der Waals surface area contributed by atoms with Crippen molar-refractivity contribution in [3.63, 3.8) is 0 Å². The molecular formula is C25H26FN7O. The third kappa shape index (κ3) is 3.38. The van der Waals surface area contributed by atoms with Crippen LogP contribution in [0.5, 0.6) is 0 Å². The number of hydrogen-bond acceptors (Lipinski definition) is 6. The fraction of sp³-hybridized carbons (Fsp3) is 0.360. The topological polar surface area (TPSA) is 89.7 Å². The molecule has 1 saturated carbocycles. The zero-order valence-corrected chi connectivity index (χ0v) is 19.0. The van der Waals surface area contributed by atoms with Crippen molar-refractivity contribution in [1.29, 1.82) is 0 Å². The summed E-state index contributed by atoms with van der Waals surface area (Å²) in [6, 6.07) is 11.8. The summed E-state index contributed by atoms with van der Waals surface area (Å²) in [6.45, 7) is 3.75. The summed E-state index contributed by atoms with van der Waals surface area (Å²) in [4.78, 5) is 26.9. The molecule has 1 aliphatic carbocycles. The zero-order chi connectivity index (χ0) is 23.3. The normalized spacial score (nSPS) is 16.4. The van der Waals surface area contributed by atoms with Gasteiger partial charge < -0.3 is 10.6 Å². The van der Waals surface area contributed by atoms with Crippen LogP contribution in [0.25, 0.3) is 16.9 Å². The fourth-order valence-corrected chi connectivity index (χ4v) is 4.74. The maximum absolute atomic E-state index is 13.7. The van der Waals surface area contributed by atoms with Crippen LogP contribution in [0.1, 0.15) is 36.6 Å². The molecule has 6 rings (SSSR count). The van der Waals surface area contributed by atoms with Crippen LogP contribution >= 0.6 is 0 Å². The summed E-state index contributed by atoms with van der Waals surface area (Å²) >= 11 is 0. The molecule has 0 bridgehead atoms. The van der Waals surface area contributed by atoms with Gasteiger partial charge in [-0.3, -0.25) is 9.18 Å². The predicted molar refractivity (Wildman–Crippen MR) is 129 cm³/mol. The summed E-state index contributed by atoms with van der Waals surface area (Å²) in [7, 11) is 0. The molecule has 0 saturated heterocycles. The van der Waals surface area contributed by atoms with Crippen LogP contribution in [0, 0.1) is 0 Å². The fourth-order valence-electron chi connectivity index (χ4n) is 4.74. The van der Waals surface area contributed by atoms with E-state index in [1.807, 2.05) is 31.2 Å². The first kappa shape index (κ1) is 21.0. The molecule has 1 fully saturated rings. The summed E-state index contributed by atoms with van der Waals surface area (Å²) in [5.74, 6) is 0.951. The van der Waals surface area contributed by atoms with Gasteiger partial charge in [0.05, 0.1) is 5.69 Å². The van der Waals surface area contributed by atoms with E-state index in [2.05, 4.69) is 27.8 Å². The molecule has 3 aromatic heterocycles. The van der Waals surface area contributed by atoms with Crippen molar-refractivity contribution in [1.82, 2.24) is 29.6 Å². The number of rotatable bonds is 6. The molecule has 4 aromatic rings. The maximum atomic E-state index is 13.7. The SMILES string of the molecule is CCn1c(=O)c2cnc(Nc3ccc4c(c3)CNCC4)nc2n1-c1cccc(C2(CF)CC2)n1. The number of fused-ring (bicyclic) bond motifs is 2. The lowest BCUT2D eigenvalue weighted by Crippen LogP contribution is -2.23. The highest BCUT2D eigenvalue weighted by atomic mass is 19.1. The summed E-state index contributed by atoms with van der Waals surface area (Å²) in [6.07, 6.45) is 4.16. The maximum Gasteiger partial charge on any atom is 0.278 e. The molecule has 9 heteroatoms. The molecule has 0 radical (unpaired) electrons. The molecule has 0 spiro atoms. The number of benzene rings is 1. The number of nitrogens with zero attached hydrogens (tertiary/aromatic N) is 5. The molecular weight excluding hydrogens is 433 g/mol. The molecule has 0 unspecified atom stereocenters. The van der Waals surface area contributed by atoms with Crippen molar-refractivity contribution in [2.24, 2.45) is 0 Å². The monoisotopic (exact) mass is 459 g/mol. The summed E-state index contributed by atoms with van der Waals surface area (Å²) in [5, 5.41) is 7.09. The first-order valence-electron chi connectivity index (χ1n) is 11.7. The third-order valence-electron chi connectivity index (χ3n) is 6.93. The standard InChI is InChI=1S/C25H26FN7O/c1-2-32-23(34)19-14-28-24(29-18-7-6-16-8-11-27-13-17(16)12-18)31-22(19)33(32)21-5-3-4-20(30-21)25(15-26)9-10-25/h3-7,12,14,27H,2,8-11,13,15H2,1H3,(H,28,29,31). The highest BCUT2D eigenvalue weighted by Gasteiger charge is 2.46. The van der Waals surface area contributed by atoms with E-state index in [0.717, 1.165) is 43.7 Å². The lowest BCUT2D eigenvalue weighted by atomic mass is 10.0. The van der Waals surface area contributed by atoms with Crippen molar-refractivity contribution in [3.05, 3.63) is 69.8 Å². The average Bonchev–Trinajstić information content (AvgIpc) is 3.63. The highest BCUT2D eigenvalue weighted by molar-refractivity contribution is 5.77. The van der Waals surface area contributed by atoms with E-state index >= 15 is 0 Å². The van der Waals surface area contributed by atoms with Crippen LogP contribution in [-0.2, 0) is 24.9 Å². The second-order valence-electron chi connectivity index (χ2n) is 9.09. The lowest BCUT2D eigenvalue weighted by Gasteiger charge is -2.18. The van der Waals surface area contributed by atoms with Gasteiger partial charge in [-0.1, -0.05) is 12.1 Å². The Hall–Kier alpha value is -3.59. The van der Waals surface area contributed by atoms with Crippen molar-refractivity contribution in [2.45, 2.75) is 44.7 Å². The minimum Gasteiger partial charge on any atom is -0.324 e. The van der Waals surface area contributed by atoms with Gasteiger partial charge >= 0.3 is 0 Å². The molecule has 2 aliphatic rings. The minimum absolute atomic E-state index is 0.178. The van der Waals surface area contributed by atoms with Crippen molar-refractivity contribution in [3.8, 4) is 5.82 Å². The van der Waals surface area contributed by atoms with E-state index in [1.165, 1.54) is 11.1 Å². The number of anilines is 2. The number of hydrogen-bond donors (Lipinski definition) is 2. The lowest BCUT2D eigenvalue weighted by molar-refractivity contribution is 0.411. The smallest absolute Gasteiger partial charge is 0.278 e. The Morgan fingerprint density at radius 1 is 1.18 bits per heavy atom. The van der Waals surface area contributed by atoms with Gasteiger partial charge in [0.25, 0.3) is 5.56 Å². The molecule has 4 heterocycles. The van der Waals surface area contributed by atoms with Gasteiger partial charge in [0.15, 0.2) is 11.5 Å². The van der Waals surface area contributed by atoms with Crippen LogP contribution in [0.4, 0.5) is 16.0 Å². The van der Waals surface area contributed by atoms with Crippen LogP contribution in [0.15, 0.2) is 47.4 Å². The summed E-state index contributed by atoms with van der Waals surface area (Å²) in [5.41, 5.74) is 4.03. The van der Waals surface area contributed by atoms with Gasteiger partial charge in [0.2, 0.25) is 5.95 Å². The minimum atomic E-state index is -0.487. The first-order valence-corrected chi connectivity index (χ1v) is 11.7. The van der Waals surface area contributed by atoms with Crippen molar-refractivity contribution in [2.75, 3.05) is 18.5 Å². The highest BCUT2D eigenvalue weighted by Crippen LogP contribution is 2.47. The Bertz CT molecular complexity index is 1450. The first-order chi connectivity index (χ1) is 16.6. The Morgan fingerprint density at radius 2 is 2.06 bits per heavy atom. The largest absolute Gasteiger partial charge is 0.324 e. The van der Waals surface area contributed by atoms with E-state index < -0.39 is 12.1 Å². The van der Waals surface area contributed by atoms with Gasteiger partial charge in [-0.05, 0) is 68.1 Å². The molecule has 0 atom stereocenters. The Labute approximate surface area is 195 Å². The summed E-state index contributed by atoms with van der Waals surface area (Å²) < 4.78 is 17.0. The molecule has 174 valence electrons. The second-order valence-corrected chi connectivity index (χ2v) is 9.09. The van der Waals surface area contributed by atoms with Gasteiger partial charge in [0, 0.05) is 30.4 Å². The molecule has 1 aromatic carbocycles. The molecule has 8 nitrogen and oxygen atoms in total. The molecule has 0 amide bonds. The molecule has 1 aliphatic heterocycles. The number of pyridine rings is 1. The van der Waals surface area contributed by atoms with E-state index in [-0.39, 0.29) is 5.56 Å². The van der Waals surface area contributed by atoms with Gasteiger partial charge in [0.1, 0.15) is 12.1 Å². The van der Waals surface area contributed by atoms with Gasteiger partial charge in [-0.15, -0.1) is 0 Å². The van der Waals surface area contributed by atoms with Crippen LogP contribution < -0.4 is 16.2 Å². The van der Waals surface area contributed by atoms with E-state index in [9.17, 15) is 9.18 Å². The van der Waals surface area contributed by atoms with Crippen molar-refractivity contribution < 1.29 is 4.39 Å². The number of alkyl halides is 1. The second kappa shape index (κ2) is 8.02. The molecule has 2 N–H and O–H groups in total. The Morgan fingerprint density at radius 3 is 2.85 bits per heavy atom. The number of halogens is 1. The van der Waals surface area contributed by atoms with Crippen molar-refractivity contribution >= 4 is 22.7 Å². The van der Waals surface area contributed by atoms with E-state index in [4.69, 9.17) is 9.97 Å².